The number of nitrogens with zero attached hydrogens (tertiary/aromatic N) is 3. The van der Waals surface area contributed by atoms with E-state index in [4.69, 9.17) is 0 Å². The molecule has 1 aromatic carbocycles. The smallest absolute Gasteiger partial charge is 0.280 e. The van der Waals surface area contributed by atoms with Crippen LogP contribution >= 0.6 is 11.3 Å². The highest BCUT2D eigenvalue weighted by atomic mass is 32.1. The third-order valence-electron chi connectivity index (χ3n) is 5.06. The number of hydrogen-bond donors (Lipinski definition) is 0. The fourth-order valence-corrected chi connectivity index (χ4v) is 4.54. The van der Waals surface area contributed by atoms with Gasteiger partial charge in [-0.3, -0.25) is 18.9 Å². The Morgan fingerprint density at radius 3 is 2.43 bits per heavy atom. The molecule has 0 radical (unpaired) electrons. The van der Waals surface area contributed by atoms with Gasteiger partial charge in [-0.2, -0.15) is 0 Å². The molecule has 0 saturated carbocycles. The van der Waals surface area contributed by atoms with Gasteiger partial charge in [0.05, 0.1) is 11.9 Å². The molecular formula is C22H21N3O2S. The van der Waals surface area contributed by atoms with Gasteiger partial charge in [0.2, 0.25) is 0 Å². The van der Waals surface area contributed by atoms with E-state index in [1.54, 1.807) is 17.0 Å². The van der Waals surface area contributed by atoms with Crippen molar-refractivity contribution in [2.24, 2.45) is 0 Å². The van der Waals surface area contributed by atoms with E-state index in [0.29, 0.717) is 24.9 Å². The Morgan fingerprint density at radius 2 is 1.71 bits per heavy atom. The summed E-state index contributed by atoms with van der Waals surface area (Å²) >= 11 is 1.51. The molecule has 0 aliphatic heterocycles. The maximum atomic E-state index is 13.3. The fourth-order valence-electron chi connectivity index (χ4n) is 3.40. The van der Waals surface area contributed by atoms with Crippen LogP contribution in [0.2, 0.25) is 0 Å². The summed E-state index contributed by atoms with van der Waals surface area (Å²) in [6.45, 7) is 4.70. The van der Waals surface area contributed by atoms with Crippen LogP contribution in [0.5, 0.6) is 0 Å². The van der Waals surface area contributed by atoms with Gasteiger partial charge in [-0.25, -0.2) is 4.79 Å². The SMILES string of the molecule is Cc1sc2c(c1C)c(=O)n(CCc1ccccc1)c(=O)n2Cc1cccnc1. The van der Waals surface area contributed by atoms with Crippen LogP contribution in [0.3, 0.4) is 0 Å². The molecular weight excluding hydrogens is 370 g/mol. The fraction of sp³-hybridized carbons (Fsp3) is 0.227. The molecule has 0 N–H and O–H groups in total. The van der Waals surface area contributed by atoms with E-state index in [2.05, 4.69) is 4.98 Å². The lowest BCUT2D eigenvalue weighted by Crippen LogP contribution is -2.40. The number of pyridine rings is 1. The Morgan fingerprint density at radius 1 is 0.964 bits per heavy atom. The largest absolute Gasteiger partial charge is 0.332 e. The Labute approximate surface area is 166 Å². The van der Waals surface area contributed by atoms with Gasteiger partial charge in [0.15, 0.2) is 0 Å². The topological polar surface area (TPSA) is 56.9 Å². The number of fused-ring (bicyclic) bond motifs is 1. The number of aryl methyl sites for hydroxylation is 3. The van der Waals surface area contributed by atoms with Crippen molar-refractivity contribution >= 4 is 21.6 Å². The van der Waals surface area contributed by atoms with E-state index in [1.807, 2.05) is 56.3 Å². The van der Waals surface area contributed by atoms with Crippen LogP contribution in [0.25, 0.3) is 10.2 Å². The lowest BCUT2D eigenvalue weighted by Gasteiger charge is -2.12. The van der Waals surface area contributed by atoms with Crippen LogP contribution in [-0.2, 0) is 19.5 Å². The van der Waals surface area contributed by atoms with Gasteiger partial charge in [0.25, 0.3) is 5.56 Å². The summed E-state index contributed by atoms with van der Waals surface area (Å²) in [6, 6.07) is 13.7. The molecule has 0 unspecified atom stereocenters. The minimum Gasteiger partial charge on any atom is -0.280 e. The van der Waals surface area contributed by atoms with E-state index in [-0.39, 0.29) is 11.2 Å². The monoisotopic (exact) mass is 391 g/mol. The molecule has 0 atom stereocenters. The zero-order chi connectivity index (χ0) is 19.7. The third kappa shape index (κ3) is 3.31. The van der Waals surface area contributed by atoms with Crippen molar-refractivity contribution in [3.8, 4) is 0 Å². The molecule has 0 spiro atoms. The molecule has 6 heteroatoms. The normalized spacial score (nSPS) is 11.2. The van der Waals surface area contributed by atoms with Crippen molar-refractivity contribution in [2.75, 3.05) is 0 Å². The van der Waals surface area contributed by atoms with E-state index in [9.17, 15) is 9.59 Å². The van der Waals surface area contributed by atoms with Crippen LogP contribution in [-0.4, -0.2) is 14.1 Å². The van der Waals surface area contributed by atoms with Gasteiger partial charge >= 0.3 is 5.69 Å². The van der Waals surface area contributed by atoms with E-state index >= 15 is 0 Å². The third-order valence-corrected chi connectivity index (χ3v) is 6.29. The van der Waals surface area contributed by atoms with Gasteiger partial charge < -0.3 is 0 Å². The molecule has 142 valence electrons. The Hall–Kier alpha value is -2.99. The molecule has 0 saturated heterocycles. The van der Waals surface area contributed by atoms with Crippen LogP contribution in [0.15, 0.2) is 64.4 Å². The predicted octanol–water partition coefficient (Wildman–Crippen LogP) is 3.53. The second-order valence-corrected chi connectivity index (χ2v) is 8.09. The maximum absolute atomic E-state index is 13.3. The van der Waals surface area contributed by atoms with Gasteiger partial charge in [0, 0.05) is 23.8 Å². The summed E-state index contributed by atoms with van der Waals surface area (Å²) in [7, 11) is 0. The molecule has 4 rings (SSSR count). The first kappa shape index (κ1) is 18.4. The van der Waals surface area contributed by atoms with Gasteiger partial charge in [-0.1, -0.05) is 36.4 Å². The lowest BCUT2D eigenvalue weighted by molar-refractivity contribution is 0.591. The number of aromatic nitrogens is 3. The first-order valence-corrected chi connectivity index (χ1v) is 10.0. The van der Waals surface area contributed by atoms with Crippen LogP contribution in [0, 0.1) is 13.8 Å². The summed E-state index contributed by atoms with van der Waals surface area (Å²) < 4.78 is 3.09. The predicted molar refractivity (Wildman–Crippen MR) is 113 cm³/mol. The molecule has 0 bridgehead atoms. The standard InChI is InChI=1S/C22H21N3O2S/c1-15-16(2)28-21-19(15)20(26)24(12-10-17-7-4-3-5-8-17)22(27)25(21)14-18-9-6-11-23-13-18/h3-9,11,13H,10,12,14H2,1-2H3. The second-order valence-electron chi connectivity index (χ2n) is 6.89. The minimum absolute atomic E-state index is 0.194. The van der Waals surface area contributed by atoms with E-state index in [0.717, 1.165) is 26.4 Å². The van der Waals surface area contributed by atoms with Gasteiger partial charge in [0.1, 0.15) is 4.83 Å². The number of hydrogen-bond acceptors (Lipinski definition) is 4. The van der Waals surface area contributed by atoms with Crippen molar-refractivity contribution in [1.82, 2.24) is 14.1 Å². The van der Waals surface area contributed by atoms with Crippen LogP contribution < -0.4 is 11.2 Å². The number of thiophene rings is 1. The average Bonchev–Trinajstić information content (AvgIpc) is 3.01. The Bertz CT molecular complexity index is 1240. The molecule has 5 nitrogen and oxygen atoms in total. The summed E-state index contributed by atoms with van der Waals surface area (Å²) in [4.78, 5) is 32.4. The summed E-state index contributed by atoms with van der Waals surface area (Å²) in [5, 5.41) is 0.652. The zero-order valence-electron chi connectivity index (χ0n) is 15.9. The molecule has 0 aliphatic rings. The summed E-state index contributed by atoms with van der Waals surface area (Å²) in [6.07, 6.45) is 4.10. The van der Waals surface area contributed by atoms with Crippen molar-refractivity contribution in [3.63, 3.8) is 0 Å². The molecule has 0 fully saturated rings. The lowest BCUT2D eigenvalue weighted by atomic mass is 10.1. The number of benzene rings is 1. The van der Waals surface area contributed by atoms with Crippen molar-refractivity contribution < 1.29 is 0 Å². The summed E-state index contributed by atoms with van der Waals surface area (Å²) in [5.74, 6) is 0. The molecule has 4 aromatic rings. The zero-order valence-corrected chi connectivity index (χ0v) is 16.7. The maximum Gasteiger partial charge on any atom is 0.332 e. The quantitative estimate of drug-likeness (QED) is 0.523. The van der Waals surface area contributed by atoms with E-state index in [1.165, 1.54) is 15.9 Å². The second kappa shape index (κ2) is 7.56. The minimum atomic E-state index is -0.265. The van der Waals surface area contributed by atoms with Crippen LogP contribution in [0.4, 0.5) is 0 Å². The molecule has 0 aliphatic carbocycles. The first-order valence-electron chi connectivity index (χ1n) is 9.22. The van der Waals surface area contributed by atoms with Gasteiger partial charge in [-0.15, -0.1) is 11.3 Å². The molecule has 0 amide bonds. The molecule has 3 heterocycles. The summed E-state index contributed by atoms with van der Waals surface area (Å²) in [5.41, 5.74) is 2.53. The highest BCUT2D eigenvalue weighted by Crippen LogP contribution is 2.27. The van der Waals surface area contributed by atoms with Gasteiger partial charge in [-0.05, 0) is 43.0 Å². The average molecular weight is 391 g/mol. The molecule has 28 heavy (non-hydrogen) atoms. The van der Waals surface area contributed by atoms with E-state index < -0.39 is 0 Å². The first-order chi connectivity index (χ1) is 13.6. The van der Waals surface area contributed by atoms with Crippen LogP contribution in [0.1, 0.15) is 21.6 Å². The van der Waals surface area contributed by atoms with Crippen molar-refractivity contribution in [1.29, 1.82) is 0 Å². The molecule has 3 aromatic heterocycles. The Balaban J connectivity index is 1.86. The Kier molecular flexibility index (Phi) is 4.96. The highest BCUT2D eigenvalue weighted by molar-refractivity contribution is 7.18. The number of rotatable bonds is 5. The highest BCUT2D eigenvalue weighted by Gasteiger charge is 2.18. The van der Waals surface area contributed by atoms with Crippen molar-refractivity contribution in [2.45, 2.75) is 33.4 Å². The van der Waals surface area contributed by atoms with Crippen molar-refractivity contribution in [3.05, 3.63) is 97.3 Å².